The van der Waals surface area contributed by atoms with Crippen molar-refractivity contribution in [1.29, 1.82) is 0 Å². The molecular weight excluding hydrogens is 260 g/mol. The summed E-state index contributed by atoms with van der Waals surface area (Å²) in [4.78, 5) is 0. The molecular formula is C10H16N2O3S2. The van der Waals surface area contributed by atoms with Gasteiger partial charge in [-0.2, -0.15) is 4.37 Å². The Balaban J connectivity index is 1.97. The molecule has 1 aliphatic rings. The van der Waals surface area contributed by atoms with E-state index >= 15 is 0 Å². The van der Waals surface area contributed by atoms with Crippen molar-refractivity contribution in [2.75, 3.05) is 23.7 Å². The normalized spacial score (nSPS) is 21.4. The average Bonchev–Trinajstić information content (AvgIpc) is 2.64. The lowest BCUT2D eigenvalue weighted by atomic mass is 10.1. The molecule has 96 valence electrons. The molecule has 1 aromatic rings. The molecule has 0 amide bonds. The summed E-state index contributed by atoms with van der Waals surface area (Å²) in [5, 5.41) is 1.71. The van der Waals surface area contributed by atoms with Crippen molar-refractivity contribution in [3.05, 3.63) is 11.1 Å². The Kier molecular flexibility index (Phi) is 4.01. The van der Waals surface area contributed by atoms with E-state index in [1.807, 2.05) is 0 Å². The van der Waals surface area contributed by atoms with Gasteiger partial charge >= 0.3 is 0 Å². The summed E-state index contributed by atoms with van der Waals surface area (Å²) >= 11 is 1.25. The van der Waals surface area contributed by atoms with Crippen LogP contribution in [0.15, 0.2) is 5.38 Å². The summed E-state index contributed by atoms with van der Waals surface area (Å²) in [5.74, 6) is 0.232. The Morgan fingerprint density at radius 1 is 1.65 bits per heavy atom. The highest BCUT2D eigenvalue weighted by molar-refractivity contribution is 7.92. The molecule has 1 N–H and O–H groups in total. The first-order valence-corrected chi connectivity index (χ1v) is 8.05. The predicted octanol–water partition coefficient (Wildman–Crippen LogP) is 1.62. The van der Waals surface area contributed by atoms with Gasteiger partial charge in [-0.3, -0.25) is 4.72 Å². The highest BCUT2D eigenvalue weighted by Gasteiger charge is 2.22. The van der Waals surface area contributed by atoms with E-state index in [9.17, 15) is 8.42 Å². The Labute approximate surface area is 105 Å². The summed E-state index contributed by atoms with van der Waals surface area (Å²) < 4.78 is 35.8. The van der Waals surface area contributed by atoms with E-state index in [0.717, 1.165) is 25.1 Å². The molecule has 7 heteroatoms. The molecule has 0 aromatic carbocycles. The van der Waals surface area contributed by atoms with E-state index in [1.54, 1.807) is 12.3 Å². The predicted molar refractivity (Wildman–Crippen MR) is 67.8 cm³/mol. The molecule has 0 aliphatic carbocycles. The molecule has 0 spiro atoms. The molecule has 1 fully saturated rings. The fourth-order valence-corrected chi connectivity index (χ4v) is 4.08. The second-order valence-corrected chi connectivity index (χ2v) is 6.68. The molecule has 2 rings (SSSR count). The van der Waals surface area contributed by atoms with Crippen molar-refractivity contribution in [2.45, 2.75) is 19.8 Å². The van der Waals surface area contributed by atoms with Crippen LogP contribution in [0, 0.1) is 12.8 Å². The Morgan fingerprint density at radius 3 is 3.06 bits per heavy atom. The first kappa shape index (κ1) is 12.8. The van der Waals surface area contributed by atoms with Gasteiger partial charge in [0.1, 0.15) is 0 Å². The summed E-state index contributed by atoms with van der Waals surface area (Å²) in [6.45, 7) is 3.08. The summed E-state index contributed by atoms with van der Waals surface area (Å²) in [7, 11) is -3.29. The average molecular weight is 276 g/mol. The molecule has 1 saturated heterocycles. The summed E-state index contributed by atoms with van der Waals surface area (Å²) in [6.07, 6.45) is 1.86. The maximum atomic E-state index is 11.9. The molecule has 0 radical (unpaired) electrons. The topological polar surface area (TPSA) is 68.3 Å². The van der Waals surface area contributed by atoms with Gasteiger partial charge in [0.05, 0.1) is 23.7 Å². The maximum absolute atomic E-state index is 11.9. The van der Waals surface area contributed by atoms with Crippen molar-refractivity contribution in [1.82, 2.24) is 4.37 Å². The van der Waals surface area contributed by atoms with Crippen LogP contribution in [0.25, 0.3) is 0 Å². The molecule has 1 atom stereocenters. The number of hydrogen-bond acceptors (Lipinski definition) is 5. The lowest BCUT2D eigenvalue weighted by Gasteiger charge is -2.21. The van der Waals surface area contributed by atoms with Crippen LogP contribution in [-0.4, -0.2) is 31.8 Å². The highest BCUT2D eigenvalue weighted by atomic mass is 32.2. The number of aromatic nitrogens is 1. The maximum Gasteiger partial charge on any atom is 0.233 e. The standard InChI is InChI=1S/C10H16N2O3S2/c1-8-10(6-16-11-8)12-17(13,14)7-9-3-2-4-15-5-9/h6,9,12H,2-5,7H2,1H3. The van der Waals surface area contributed by atoms with Gasteiger partial charge in [-0.1, -0.05) is 0 Å². The molecule has 0 bridgehead atoms. The molecule has 2 heterocycles. The molecule has 1 aliphatic heterocycles. The second kappa shape index (κ2) is 5.32. The monoisotopic (exact) mass is 276 g/mol. The lowest BCUT2D eigenvalue weighted by Crippen LogP contribution is -2.28. The van der Waals surface area contributed by atoms with E-state index in [0.29, 0.717) is 12.3 Å². The van der Waals surface area contributed by atoms with E-state index in [1.165, 1.54) is 11.5 Å². The smallest absolute Gasteiger partial charge is 0.233 e. The lowest BCUT2D eigenvalue weighted by molar-refractivity contribution is 0.0626. The van der Waals surface area contributed by atoms with Gasteiger partial charge in [0.2, 0.25) is 10.0 Å². The van der Waals surface area contributed by atoms with Crippen LogP contribution in [0.4, 0.5) is 5.69 Å². The van der Waals surface area contributed by atoms with Crippen LogP contribution in [0.1, 0.15) is 18.5 Å². The number of nitrogens with zero attached hydrogens (tertiary/aromatic N) is 1. The first-order valence-electron chi connectivity index (χ1n) is 5.56. The highest BCUT2D eigenvalue weighted by Crippen LogP contribution is 2.20. The minimum atomic E-state index is -3.29. The minimum Gasteiger partial charge on any atom is -0.381 e. The van der Waals surface area contributed by atoms with E-state index in [4.69, 9.17) is 4.74 Å². The van der Waals surface area contributed by atoms with Crippen molar-refractivity contribution in [2.24, 2.45) is 5.92 Å². The van der Waals surface area contributed by atoms with E-state index < -0.39 is 10.0 Å². The van der Waals surface area contributed by atoms with Gasteiger partial charge in [-0.15, -0.1) is 0 Å². The second-order valence-electron chi connectivity index (χ2n) is 4.28. The van der Waals surface area contributed by atoms with Gasteiger partial charge in [0.15, 0.2) is 0 Å². The largest absolute Gasteiger partial charge is 0.381 e. The van der Waals surface area contributed by atoms with Crippen LogP contribution in [-0.2, 0) is 14.8 Å². The number of rotatable bonds is 4. The number of hydrogen-bond donors (Lipinski definition) is 1. The van der Waals surface area contributed by atoms with Crippen molar-refractivity contribution in [3.63, 3.8) is 0 Å². The van der Waals surface area contributed by atoms with Gasteiger partial charge in [0, 0.05) is 12.0 Å². The quantitative estimate of drug-likeness (QED) is 0.907. The molecule has 17 heavy (non-hydrogen) atoms. The number of sulfonamides is 1. The molecule has 1 aromatic heterocycles. The minimum absolute atomic E-state index is 0.105. The number of ether oxygens (including phenoxy) is 1. The van der Waals surface area contributed by atoms with E-state index in [2.05, 4.69) is 9.10 Å². The van der Waals surface area contributed by atoms with Crippen LogP contribution >= 0.6 is 11.5 Å². The van der Waals surface area contributed by atoms with Crippen molar-refractivity contribution < 1.29 is 13.2 Å². The molecule has 1 unspecified atom stereocenters. The van der Waals surface area contributed by atoms with Crippen molar-refractivity contribution in [3.8, 4) is 0 Å². The molecule has 0 saturated carbocycles. The van der Waals surface area contributed by atoms with E-state index in [-0.39, 0.29) is 11.7 Å². The zero-order chi connectivity index (χ0) is 12.3. The van der Waals surface area contributed by atoms with Gasteiger partial charge < -0.3 is 4.74 Å². The first-order chi connectivity index (χ1) is 8.07. The van der Waals surface area contributed by atoms with Crippen LogP contribution in [0.2, 0.25) is 0 Å². The zero-order valence-electron chi connectivity index (χ0n) is 9.68. The fourth-order valence-electron chi connectivity index (χ4n) is 1.85. The van der Waals surface area contributed by atoms with Crippen LogP contribution in [0.5, 0.6) is 0 Å². The third-order valence-corrected chi connectivity index (χ3v) is 4.89. The van der Waals surface area contributed by atoms with Crippen molar-refractivity contribution >= 4 is 27.2 Å². The number of aryl methyl sites for hydroxylation is 1. The number of nitrogens with one attached hydrogen (secondary N) is 1. The Hall–Kier alpha value is -0.660. The van der Waals surface area contributed by atoms with Crippen LogP contribution < -0.4 is 4.72 Å². The number of anilines is 1. The van der Waals surface area contributed by atoms with Crippen LogP contribution in [0.3, 0.4) is 0 Å². The Bertz CT molecular complexity index is 464. The Morgan fingerprint density at radius 2 is 2.47 bits per heavy atom. The summed E-state index contributed by atoms with van der Waals surface area (Å²) in [6, 6.07) is 0. The van der Waals surface area contributed by atoms with Gasteiger partial charge in [0.25, 0.3) is 0 Å². The zero-order valence-corrected chi connectivity index (χ0v) is 11.3. The van der Waals surface area contributed by atoms with Gasteiger partial charge in [-0.25, -0.2) is 8.42 Å². The third-order valence-electron chi connectivity index (χ3n) is 2.73. The van der Waals surface area contributed by atoms with Gasteiger partial charge in [-0.05, 0) is 37.2 Å². The summed E-state index contributed by atoms with van der Waals surface area (Å²) in [5.41, 5.74) is 1.31. The third kappa shape index (κ3) is 3.65. The SMILES string of the molecule is Cc1nscc1NS(=O)(=O)CC1CCCOC1. The molecule has 5 nitrogen and oxygen atoms in total. The fraction of sp³-hybridized carbons (Fsp3) is 0.700.